The van der Waals surface area contributed by atoms with Crippen molar-refractivity contribution >= 4 is 5.91 Å². The quantitative estimate of drug-likeness (QED) is 0.855. The Hall–Kier alpha value is -2.43. The van der Waals surface area contributed by atoms with E-state index in [0.29, 0.717) is 5.56 Å². The summed E-state index contributed by atoms with van der Waals surface area (Å²) in [7, 11) is 0. The van der Waals surface area contributed by atoms with Crippen LogP contribution in [0.25, 0.3) is 0 Å². The summed E-state index contributed by atoms with van der Waals surface area (Å²) < 4.78 is 28.8. The van der Waals surface area contributed by atoms with Gasteiger partial charge in [-0.25, -0.2) is 0 Å². The Labute approximate surface area is 140 Å². The van der Waals surface area contributed by atoms with Crippen molar-refractivity contribution in [1.82, 2.24) is 5.32 Å². The third-order valence-corrected chi connectivity index (χ3v) is 3.98. The van der Waals surface area contributed by atoms with Crippen molar-refractivity contribution in [3.63, 3.8) is 0 Å². The monoisotopic (exact) mass is 333 g/mol. The second-order valence-electron chi connectivity index (χ2n) is 5.78. The fourth-order valence-electron chi connectivity index (χ4n) is 2.63. The van der Waals surface area contributed by atoms with Gasteiger partial charge in [-0.05, 0) is 55.2 Å². The number of carbonyl (C=O) groups excluding carboxylic acids is 1. The highest BCUT2D eigenvalue weighted by molar-refractivity contribution is 5.79. The normalized spacial score (nSPS) is 12.1. The average Bonchev–Trinajstić information content (AvgIpc) is 2.49. The van der Waals surface area contributed by atoms with E-state index in [9.17, 15) is 13.6 Å². The van der Waals surface area contributed by atoms with Gasteiger partial charge in [0.15, 0.2) is 0 Å². The van der Waals surface area contributed by atoms with Gasteiger partial charge in [0.2, 0.25) is 5.91 Å². The number of amides is 1. The largest absolute Gasteiger partial charge is 0.435 e. The Morgan fingerprint density at radius 2 is 1.88 bits per heavy atom. The van der Waals surface area contributed by atoms with Gasteiger partial charge in [0.1, 0.15) is 5.75 Å². The number of alkyl halides is 2. The van der Waals surface area contributed by atoms with Crippen LogP contribution in [-0.4, -0.2) is 12.5 Å². The molecule has 0 radical (unpaired) electrons. The number of aryl methyl sites for hydroxylation is 1. The summed E-state index contributed by atoms with van der Waals surface area (Å²) >= 11 is 0. The molecule has 0 aliphatic heterocycles. The summed E-state index contributed by atoms with van der Waals surface area (Å²) in [6, 6.07) is 12.0. The van der Waals surface area contributed by atoms with Gasteiger partial charge < -0.3 is 10.1 Å². The molecule has 0 spiro atoms. The molecule has 128 valence electrons. The first-order chi connectivity index (χ1) is 11.4. The second-order valence-corrected chi connectivity index (χ2v) is 5.78. The van der Waals surface area contributed by atoms with Crippen LogP contribution in [0.2, 0.25) is 0 Å². The lowest BCUT2D eigenvalue weighted by molar-refractivity contribution is -0.121. The van der Waals surface area contributed by atoms with E-state index in [4.69, 9.17) is 0 Å². The van der Waals surface area contributed by atoms with E-state index in [1.54, 1.807) is 12.1 Å². The maximum absolute atomic E-state index is 12.2. The highest BCUT2D eigenvalue weighted by Gasteiger charge is 2.13. The summed E-state index contributed by atoms with van der Waals surface area (Å²) in [6.45, 7) is 3.11. The van der Waals surface area contributed by atoms with Gasteiger partial charge in [-0.2, -0.15) is 8.78 Å². The molecule has 3 nitrogen and oxygen atoms in total. The zero-order chi connectivity index (χ0) is 17.7. The van der Waals surface area contributed by atoms with E-state index in [-0.39, 0.29) is 24.1 Å². The van der Waals surface area contributed by atoms with Gasteiger partial charge in [-0.3, -0.25) is 4.79 Å². The number of benzene rings is 2. The lowest BCUT2D eigenvalue weighted by atomic mass is 9.98. The summed E-state index contributed by atoms with van der Waals surface area (Å²) in [6.07, 6.45) is 0.107. The van der Waals surface area contributed by atoms with Crippen LogP contribution in [0.4, 0.5) is 8.78 Å². The molecule has 1 unspecified atom stereocenters. The minimum Gasteiger partial charge on any atom is -0.435 e. The predicted octanol–water partition coefficient (Wildman–Crippen LogP) is 4.32. The number of nitrogens with one attached hydrogen (secondary N) is 1. The van der Waals surface area contributed by atoms with Gasteiger partial charge >= 0.3 is 6.61 Å². The third-order valence-electron chi connectivity index (χ3n) is 3.98. The van der Waals surface area contributed by atoms with Crippen LogP contribution in [-0.2, 0) is 11.2 Å². The molecule has 1 atom stereocenters. The smallest absolute Gasteiger partial charge is 0.387 e. The Morgan fingerprint density at radius 3 is 2.58 bits per heavy atom. The van der Waals surface area contributed by atoms with Crippen LogP contribution < -0.4 is 10.1 Å². The van der Waals surface area contributed by atoms with Gasteiger partial charge in [0.25, 0.3) is 0 Å². The summed E-state index contributed by atoms with van der Waals surface area (Å²) in [5.41, 5.74) is 4.01. The fourth-order valence-corrected chi connectivity index (χ4v) is 2.63. The standard InChI is InChI=1S/C19H21F2NO2/c1-12-6-4-9-17(13(12)2)14(3)22-18(23)11-15-7-5-8-16(10-15)24-19(20)21/h4-10,14,19H,11H2,1-3H3,(H,22,23). The highest BCUT2D eigenvalue weighted by atomic mass is 19.3. The summed E-state index contributed by atoms with van der Waals surface area (Å²) in [4.78, 5) is 12.2. The molecule has 5 heteroatoms. The molecule has 0 saturated heterocycles. The van der Waals surface area contributed by atoms with Gasteiger partial charge in [0, 0.05) is 0 Å². The van der Waals surface area contributed by atoms with Crippen molar-refractivity contribution in [2.75, 3.05) is 0 Å². The minimum atomic E-state index is -2.88. The first-order valence-electron chi connectivity index (χ1n) is 7.76. The zero-order valence-electron chi connectivity index (χ0n) is 14.0. The Kier molecular flexibility index (Phi) is 5.90. The molecule has 0 aromatic heterocycles. The second kappa shape index (κ2) is 7.90. The molecule has 0 bridgehead atoms. The summed E-state index contributed by atoms with van der Waals surface area (Å²) in [5, 5.41) is 2.95. The number of halogens is 2. The van der Waals surface area contributed by atoms with Crippen LogP contribution in [0.5, 0.6) is 5.75 Å². The van der Waals surface area contributed by atoms with Crippen molar-refractivity contribution in [3.8, 4) is 5.75 Å². The first-order valence-corrected chi connectivity index (χ1v) is 7.76. The minimum absolute atomic E-state index is 0.0536. The van der Waals surface area contributed by atoms with Crippen molar-refractivity contribution in [2.24, 2.45) is 0 Å². The van der Waals surface area contributed by atoms with Crippen molar-refractivity contribution in [1.29, 1.82) is 0 Å². The van der Waals surface area contributed by atoms with Crippen molar-refractivity contribution in [2.45, 2.75) is 39.8 Å². The van der Waals surface area contributed by atoms with Crippen LogP contribution in [0.3, 0.4) is 0 Å². The Morgan fingerprint density at radius 1 is 1.17 bits per heavy atom. The van der Waals surface area contributed by atoms with Crippen molar-refractivity contribution < 1.29 is 18.3 Å². The predicted molar refractivity (Wildman–Crippen MR) is 89.3 cm³/mol. The maximum Gasteiger partial charge on any atom is 0.387 e. The van der Waals surface area contributed by atoms with E-state index in [1.165, 1.54) is 17.7 Å². The molecule has 2 aromatic carbocycles. The number of carbonyl (C=O) groups is 1. The molecular formula is C19H21F2NO2. The molecule has 2 rings (SSSR count). The third kappa shape index (κ3) is 4.78. The lowest BCUT2D eigenvalue weighted by Crippen LogP contribution is -2.28. The van der Waals surface area contributed by atoms with E-state index in [0.717, 1.165) is 11.1 Å². The molecule has 1 amide bonds. The van der Waals surface area contributed by atoms with E-state index < -0.39 is 6.61 Å². The topological polar surface area (TPSA) is 38.3 Å². The van der Waals surface area contributed by atoms with Gasteiger partial charge in [-0.1, -0.05) is 30.3 Å². The first kappa shape index (κ1) is 17.9. The molecule has 0 aliphatic carbocycles. The number of ether oxygens (including phenoxy) is 1. The van der Waals surface area contributed by atoms with Gasteiger partial charge in [-0.15, -0.1) is 0 Å². The molecule has 0 aliphatic rings. The average molecular weight is 333 g/mol. The molecule has 0 fully saturated rings. The van der Waals surface area contributed by atoms with Crippen LogP contribution in [0, 0.1) is 13.8 Å². The summed E-state index contributed by atoms with van der Waals surface area (Å²) in [5.74, 6) is -0.115. The zero-order valence-corrected chi connectivity index (χ0v) is 14.0. The number of rotatable bonds is 6. The van der Waals surface area contributed by atoms with Crippen LogP contribution in [0.15, 0.2) is 42.5 Å². The molecule has 24 heavy (non-hydrogen) atoms. The Balaban J connectivity index is 2.01. The lowest BCUT2D eigenvalue weighted by Gasteiger charge is -2.18. The SMILES string of the molecule is Cc1cccc(C(C)NC(=O)Cc2cccc(OC(F)F)c2)c1C. The highest BCUT2D eigenvalue weighted by Crippen LogP contribution is 2.21. The fraction of sp³-hybridized carbons (Fsp3) is 0.316. The Bertz CT molecular complexity index is 716. The number of hydrogen-bond acceptors (Lipinski definition) is 2. The maximum atomic E-state index is 12.2. The molecule has 0 heterocycles. The van der Waals surface area contributed by atoms with E-state index in [1.807, 2.05) is 39.0 Å². The molecule has 0 saturated carbocycles. The molecular weight excluding hydrogens is 312 g/mol. The van der Waals surface area contributed by atoms with Crippen molar-refractivity contribution in [3.05, 3.63) is 64.7 Å². The van der Waals surface area contributed by atoms with E-state index in [2.05, 4.69) is 10.1 Å². The van der Waals surface area contributed by atoms with E-state index >= 15 is 0 Å². The van der Waals surface area contributed by atoms with Crippen LogP contribution in [0.1, 0.15) is 35.2 Å². The van der Waals surface area contributed by atoms with Crippen LogP contribution >= 0.6 is 0 Å². The number of hydrogen-bond donors (Lipinski definition) is 1. The van der Waals surface area contributed by atoms with Gasteiger partial charge in [0.05, 0.1) is 12.5 Å². The molecule has 2 aromatic rings. The molecule has 1 N–H and O–H groups in total.